The van der Waals surface area contributed by atoms with Crippen LogP contribution in [0.5, 0.6) is 0 Å². The Bertz CT molecular complexity index is 816. The molecule has 2 aromatic rings. The summed E-state index contributed by atoms with van der Waals surface area (Å²) in [6.07, 6.45) is 5.04. The quantitative estimate of drug-likeness (QED) is 0.855. The van der Waals surface area contributed by atoms with Crippen LogP contribution >= 0.6 is 11.8 Å². The summed E-state index contributed by atoms with van der Waals surface area (Å²) in [6, 6.07) is 14.1. The molecule has 0 unspecified atom stereocenters. The number of benzene rings is 1. The van der Waals surface area contributed by atoms with E-state index in [1.165, 1.54) is 6.34 Å². The number of furan rings is 1. The molecule has 108 valence electrons. The average molecular weight is 308 g/mol. The lowest BCUT2D eigenvalue weighted by Crippen LogP contribution is -2.16. The smallest absolute Gasteiger partial charge is 0.225 e. The Kier molecular flexibility index (Phi) is 3.40. The number of fused-ring (bicyclic) bond motifs is 1. The third kappa shape index (κ3) is 2.51. The Labute approximate surface area is 131 Å². The Morgan fingerprint density at radius 3 is 2.86 bits per heavy atom. The Balaban J connectivity index is 1.64. The molecule has 1 aromatic carbocycles. The van der Waals surface area contributed by atoms with Crippen LogP contribution in [-0.2, 0) is 4.74 Å². The van der Waals surface area contributed by atoms with Gasteiger partial charge in [0.15, 0.2) is 5.09 Å². The van der Waals surface area contributed by atoms with E-state index in [0.717, 1.165) is 26.9 Å². The minimum Gasteiger partial charge on any atom is -0.450 e. The molecule has 0 saturated carbocycles. The van der Waals surface area contributed by atoms with Gasteiger partial charge in [-0.15, -0.1) is 0 Å². The third-order valence-corrected chi connectivity index (χ3v) is 4.24. The second-order valence-electron chi connectivity index (χ2n) is 4.74. The Hall–Kier alpha value is -2.53. The maximum absolute atomic E-state index is 5.97. The molecule has 0 spiro atoms. The van der Waals surface area contributed by atoms with Crippen molar-refractivity contribution < 1.29 is 9.15 Å². The van der Waals surface area contributed by atoms with Crippen LogP contribution in [-0.4, -0.2) is 18.8 Å². The van der Waals surface area contributed by atoms with Crippen molar-refractivity contribution in [3.8, 4) is 0 Å². The molecule has 2 aliphatic rings. The van der Waals surface area contributed by atoms with E-state index in [9.17, 15) is 0 Å². The van der Waals surface area contributed by atoms with E-state index < -0.39 is 0 Å². The highest BCUT2D eigenvalue weighted by Crippen LogP contribution is 2.33. The summed E-state index contributed by atoms with van der Waals surface area (Å²) in [5, 5.41) is 0.854. The molecule has 1 aromatic heterocycles. The first-order valence-corrected chi connectivity index (χ1v) is 7.68. The molecule has 3 heterocycles. The monoisotopic (exact) mass is 308 g/mol. The van der Waals surface area contributed by atoms with Gasteiger partial charge in [0.1, 0.15) is 12.1 Å². The van der Waals surface area contributed by atoms with Crippen LogP contribution in [0.25, 0.3) is 5.57 Å². The fourth-order valence-corrected chi connectivity index (χ4v) is 3.09. The Morgan fingerprint density at radius 2 is 1.95 bits per heavy atom. The molecule has 0 saturated heterocycles. The van der Waals surface area contributed by atoms with E-state index in [1.54, 1.807) is 18.0 Å². The van der Waals surface area contributed by atoms with Gasteiger partial charge in [0.25, 0.3) is 0 Å². The van der Waals surface area contributed by atoms with Crippen LogP contribution in [0, 0.1) is 0 Å². The lowest BCUT2D eigenvalue weighted by molar-refractivity contribution is 0.454. The van der Waals surface area contributed by atoms with Gasteiger partial charge in [0.2, 0.25) is 5.90 Å². The van der Waals surface area contributed by atoms with Crippen LogP contribution in [0.15, 0.2) is 84.8 Å². The first-order chi connectivity index (χ1) is 10.9. The lowest BCUT2D eigenvalue weighted by Gasteiger charge is -2.17. The summed E-state index contributed by atoms with van der Waals surface area (Å²) in [4.78, 5) is 9.48. The van der Waals surface area contributed by atoms with Crippen molar-refractivity contribution in [2.45, 2.75) is 9.99 Å². The highest BCUT2D eigenvalue weighted by molar-refractivity contribution is 7.99. The third-order valence-electron chi connectivity index (χ3n) is 3.31. The maximum atomic E-state index is 5.97. The van der Waals surface area contributed by atoms with Crippen LogP contribution in [0.4, 0.5) is 0 Å². The van der Waals surface area contributed by atoms with Gasteiger partial charge in [0, 0.05) is 16.0 Å². The van der Waals surface area contributed by atoms with Gasteiger partial charge in [-0.25, -0.2) is 4.99 Å². The predicted molar refractivity (Wildman–Crippen MR) is 87.2 cm³/mol. The number of allylic oxidation sites excluding steroid dienone is 2. The van der Waals surface area contributed by atoms with Gasteiger partial charge < -0.3 is 9.15 Å². The van der Waals surface area contributed by atoms with Gasteiger partial charge in [-0.05, 0) is 30.3 Å². The predicted octanol–water partition coefficient (Wildman–Crippen LogP) is 4.17. The molecule has 2 aliphatic heterocycles. The summed E-state index contributed by atoms with van der Waals surface area (Å²) in [5.41, 5.74) is 1.93. The molecular formula is C17H12N2O2S. The van der Waals surface area contributed by atoms with E-state index in [4.69, 9.17) is 9.15 Å². The second kappa shape index (κ2) is 5.69. The molecular weight excluding hydrogens is 296 g/mol. The zero-order valence-corrected chi connectivity index (χ0v) is 12.4. The fourth-order valence-electron chi connectivity index (χ4n) is 2.30. The zero-order chi connectivity index (χ0) is 14.8. The zero-order valence-electron chi connectivity index (χ0n) is 11.6. The van der Waals surface area contributed by atoms with Gasteiger partial charge in [-0.2, -0.15) is 0 Å². The minimum absolute atomic E-state index is 0.556. The molecule has 22 heavy (non-hydrogen) atoms. The van der Waals surface area contributed by atoms with Gasteiger partial charge in [-0.1, -0.05) is 30.0 Å². The number of nitrogens with zero attached hydrogens (tertiary/aromatic N) is 2. The van der Waals surface area contributed by atoms with E-state index >= 15 is 0 Å². The normalized spacial score (nSPS) is 16.3. The molecule has 0 bridgehead atoms. The number of aliphatic imine (C=N–C) groups is 2. The first-order valence-electron chi connectivity index (χ1n) is 6.86. The van der Waals surface area contributed by atoms with Crippen molar-refractivity contribution in [3.63, 3.8) is 0 Å². The fraction of sp³-hybridized carbons (Fsp3) is 0.0588. The van der Waals surface area contributed by atoms with Gasteiger partial charge in [0.05, 0.1) is 12.8 Å². The van der Waals surface area contributed by atoms with Crippen molar-refractivity contribution in [1.29, 1.82) is 0 Å². The summed E-state index contributed by atoms with van der Waals surface area (Å²) in [7, 11) is 0. The van der Waals surface area contributed by atoms with Gasteiger partial charge >= 0.3 is 0 Å². The molecule has 0 N–H and O–H groups in total. The van der Waals surface area contributed by atoms with E-state index in [0.29, 0.717) is 12.4 Å². The van der Waals surface area contributed by atoms with Gasteiger partial charge in [-0.3, -0.25) is 4.99 Å². The minimum atomic E-state index is 0.556. The topological polar surface area (TPSA) is 47.1 Å². The lowest BCUT2D eigenvalue weighted by atomic mass is 10.0. The van der Waals surface area contributed by atoms with E-state index in [1.807, 2.05) is 36.4 Å². The summed E-state index contributed by atoms with van der Waals surface area (Å²) < 4.78 is 11.4. The largest absolute Gasteiger partial charge is 0.450 e. The molecule has 0 aliphatic carbocycles. The van der Waals surface area contributed by atoms with Crippen molar-refractivity contribution in [3.05, 3.63) is 66.1 Å². The molecule has 0 atom stereocenters. The van der Waals surface area contributed by atoms with Crippen molar-refractivity contribution in [2.24, 2.45) is 9.98 Å². The second-order valence-corrected chi connectivity index (χ2v) is 5.81. The van der Waals surface area contributed by atoms with Crippen molar-refractivity contribution in [1.82, 2.24) is 0 Å². The summed E-state index contributed by atoms with van der Waals surface area (Å²) in [5.74, 6) is 1.40. The molecule has 0 radical (unpaired) electrons. The number of hydrogen-bond donors (Lipinski definition) is 0. The maximum Gasteiger partial charge on any atom is 0.225 e. The average Bonchev–Trinajstić information content (AvgIpc) is 3.03. The molecule has 5 heteroatoms. The summed E-state index contributed by atoms with van der Waals surface area (Å²) >= 11 is 1.60. The van der Waals surface area contributed by atoms with Crippen LogP contribution in [0.2, 0.25) is 0 Å². The molecule has 4 nitrogen and oxygen atoms in total. The highest BCUT2D eigenvalue weighted by Gasteiger charge is 2.21. The molecule has 0 fully saturated rings. The van der Waals surface area contributed by atoms with Crippen LogP contribution < -0.4 is 0 Å². The molecule has 0 amide bonds. The number of ether oxygens (including phenoxy) is 1. The van der Waals surface area contributed by atoms with E-state index in [2.05, 4.69) is 22.1 Å². The van der Waals surface area contributed by atoms with E-state index in [-0.39, 0.29) is 0 Å². The molecule has 4 rings (SSSR count). The summed E-state index contributed by atoms with van der Waals surface area (Å²) in [6.45, 7) is 0.556. The number of hydrogen-bond acceptors (Lipinski definition) is 5. The Morgan fingerprint density at radius 1 is 1.05 bits per heavy atom. The van der Waals surface area contributed by atoms with Crippen LogP contribution in [0.1, 0.15) is 5.76 Å². The number of rotatable bonds is 3. The van der Waals surface area contributed by atoms with Crippen molar-refractivity contribution in [2.75, 3.05) is 6.54 Å². The standard InChI is InChI=1S/C17H12N2O2S/c1-2-4-12(5-3-1)22-16-7-6-15(21-16)13-8-9-20-17-14(13)10-18-11-19-17/h1-9,11H,10H2. The SMILES string of the molecule is C1=CC(c2ccc(Sc3ccccc3)o2)=C2CN=CN=C2O1. The first kappa shape index (κ1) is 13.2. The van der Waals surface area contributed by atoms with Crippen LogP contribution in [0.3, 0.4) is 0 Å². The van der Waals surface area contributed by atoms with Crippen molar-refractivity contribution >= 4 is 29.6 Å². The highest BCUT2D eigenvalue weighted by atomic mass is 32.2.